The van der Waals surface area contributed by atoms with Gasteiger partial charge in [0.1, 0.15) is 30.1 Å². The average Bonchev–Trinajstić information content (AvgIpc) is 3.07. The molecule has 158 valence electrons. The standard InChI is InChI=1S/C17H28N4O7/c1-20(2)5-3-4-18-16(27)11-6-10(19-9-23)7-21(11)17-15(26)14(25)13(24)12(8-22)28-17/h6-7,9,12-15,17,22,24-26H,3-5,8H2,1-2H3,(H,18,27)(H,19,23)/t12-,13-,14+,15-,17+/m1/s1. The highest BCUT2D eigenvalue weighted by Gasteiger charge is 2.45. The summed E-state index contributed by atoms with van der Waals surface area (Å²) >= 11 is 0. The van der Waals surface area contributed by atoms with E-state index in [4.69, 9.17) is 4.74 Å². The molecule has 1 aliphatic heterocycles. The second kappa shape index (κ2) is 9.96. The third-order valence-electron chi connectivity index (χ3n) is 4.52. The van der Waals surface area contributed by atoms with Crippen LogP contribution < -0.4 is 10.6 Å². The van der Waals surface area contributed by atoms with Gasteiger partial charge in [-0.3, -0.25) is 9.59 Å². The monoisotopic (exact) mass is 400 g/mol. The maximum atomic E-state index is 12.6. The number of anilines is 1. The van der Waals surface area contributed by atoms with Crippen LogP contribution >= 0.6 is 0 Å². The number of ether oxygens (including phenoxy) is 1. The Hall–Kier alpha value is -2.02. The molecule has 2 heterocycles. The number of aliphatic hydroxyl groups excluding tert-OH is 4. The zero-order valence-electron chi connectivity index (χ0n) is 15.9. The van der Waals surface area contributed by atoms with Gasteiger partial charge in [-0.2, -0.15) is 0 Å². The molecule has 1 aromatic heterocycles. The fraction of sp³-hybridized carbons (Fsp3) is 0.647. The van der Waals surface area contributed by atoms with Crippen molar-refractivity contribution >= 4 is 18.0 Å². The quantitative estimate of drug-likeness (QED) is 0.200. The van der Waals surface area contributed by atoms with Gasteiger partial charge in [-0.15, -0.1) is 0 Å². The van der Waals surface area contributed by atoms with E-state index < -0.39 is 43.2 Å². The van der Waals surface area contributed by atoms with Gasteiger partial charge < -0.3 is 45.3 Å². The Balaban J connectivity index is 2.24. The summed E-state index contributed by atoms with van der Waals surface area (Å²) in [6.45, 7) is 0.605. The van der Waals surface area contributed by atoms with Crippen LogP contribution in [0.15, 0.2) is 12.3 Å². The molecule has 0 radical (unpaired) electrons. The molecule has 0 aromatic carbocycles. The van der Waals surface area contributed by atoms with Gasteiger partial charge >= 0.3 is 0 Å². The Kier molecular flexibility index (Phi) is 7.92. The number of hydrogen-bond donors (Lipinski definition) is 6. The minimum absolute atomic E-state index is 0.0820. The van der Waals surface area contributed by atoms with E-state index in [1.54, 1.807) is 0 Å². The first-order valence-corrected chi connectivity index (χ1v) is 8.95. The van der Waals surface area contributed by atoms with E-state index in [0.717, 1.165) is 13.0 Å². The summed E-state index contributed by atoms with van der Waals surface area (Å²) in [5.41, 5.74) is 0.365. The number of carbonyl (C=O) groups is 2. The summed E-state index contributed by atoms with van der Waals surface area (Å²) in [6.07, 6.45) is -4.50. The summed E-state index contributed by atoms with van der Waals surface area (Å²) in [7, 11) is 3.84. The largest absolute Gasteiger partial charge is 0.394 e. The molecule has 2 rings (SSSR count). The Morgan fingerprint density at radius 3 is 2.61 bits per heavy atom. The van der Waals surface area contributed by atoms with Crippen molar-refractivity contribution in [1.82, 2.24) is 14.8 Å². The van der Waals surface area contributed by atoms with Gasteiger partial charge in [-0.1, -0.05) is 0 Å². The molecule has 2 amide bonds. The topological polar surface area (TPSA) is 157 Å². The van der Waals surface area contributed by atoms with Crippen molar-refractivity contribution in [3.8, 4) is 0 Å². The molecular weight excluding hydrogens is 372 g/mol. The Labute approximate surface area is 162 Å². The van der Waals surface area contributed by atoms with Gasteiger partial charge in [0.05, 0.1) is 12.3 Å². The molecule has 1 saturated heterocycles. The van der Waals surface area contributed by atoms with Gasteiger partial charge in [0, 0.05) is 12.7 Å². The summed E-state index contributed by atoms with van der Waals surface area (Å²) in [5, 5.41) is 44.8. The van der Waals surface area contributed by atoms with Crippen molar-refractivity contribution in [2.75, 3.05) is 39.1 Å². The molecule has 11 heteroatoms. The minimum Gasteiger partial charge on any atom is -0.394 e. The van der Waals surface area contributed by atoms with Crippen LogP contribution in [0.3, 0.4) is 0 Å². The lowest BCUT2D eigenvalue weighted by atomic mass is 9.98. The molecular formula is C17H28N4O7. The van der Waals surface area contributed by atoms with Gasteiger partial charge in [-0.05, 0) is 33.1 Å². The summed E-state index contributed by atoms with van der Waals surface area (Å²) in [5.74, 6) is -0.463. The molecule has 1 aliphatic rings. The van der Waals surface area contributed by atoms with Gasteiger partial charge in [-0.25, -0.2) is 0 Å². The van der Waals surface area contributed by atoms with Crippen molar-refractivity contribution in [3.05, 3.63) is 18.0 Å². The van der Waals surface area contributed by atoms with E-state index in [2.05, 4.69) is 10.6 Å². The zero-order valence-corrected chi connectivity index (χ0v) is 15.9. The van der Waals surface area contributed by atoms with E-state index in [9.17, 15) is 30.0 Å². The first-order valence-electron chi connectivity index (χ1n) is 8.95. The highest BCUT2D eigenvalue weighted by atomic mass is 16.6. The van der Waals surface area contributed by atoms with E-state index in [1.807, 2.05) is 19.0 Å². The fourth-order valence-corrected chi connectivity index (χ4v) is 3.02. The van der Waals surface area contributed by atoms with E-state index >= 15 is 0 Å². The minimum atomic E-state index is -1.59. The zero-order chi connectivity index (χ0) is 20.8. The molecule has 1 fully saturated rings. The number of rotatable bonds is 9. The van der Waals surface area contributed by atoms with Crippen LogP contribution in [0.1, 0.15) is 23.1 Å². The summed E-state index contributed by atoms with van der Waals surface area (Å²) in [6, 6.07) is 1.40. The number of aromatic nitrogens is 1. The Morgan fingerprint density at radius 1 is 1.29 bits per heavy atom. The first kappa shape index (κ1) is 22.3. The first-order chi connectivity index (χ1) is 13.3. The maximum Gasteiger partial charge on any atom is 0.268 e. The predicted molar refractivity (Wildman–Crippen MR) is 98.6 cm³/mol. The van der Waals surface area contributed by atoms with E-state index in [1.165, 1.54) is 16.8 Å². The predicted octanol–water partition coefficient (Wildman–Crippen LogP) is -2.29. The van der Waals surface area contributed by atoms with Gasteiger partial charge in [0.2, 0.25) is 6.41 Å². The molecule has 0 saturated carbocycles. The van der Waals surface area contributed by atoms with Crippen LogP contribution in [0, 0.1) is 0 Å². The fourth-order valence-electron chi connectivity index (χ4n) is 3.02. The van der Waals surface area contributed by atoms with Crippen molar-refractivity contribution in [2.24, 2.45) is 0 Å². The summed E-state index contributed by atoms with van der Waals surface area (Å²) < 4.78 is 6.77. The number of nitrogens with zero attached hydrogens (tertiary/aromatic N) is 2. The molecule has 28 heavy (non-hydrogen) atoms. The molecule has 5 atom stereocenters. The molecule has 0 spiro atoms. The van der Waals surface area contributed by atoms with Gasteiger partial charge in [0.25, 0.3) is 5.91 Å². The van der Waals surface area contributed by atoms with Crippen LogP contribution in [-0.2, 0) is 9.53 Å². The second-order valence-electron chi connectivity index (χ2n) is 6.92. The van der Waals surface area contributed by atoms with Crippen LogP contribution in [0.4, 0.5) is 5.69 Å². The van der Waals surface area contributed by atoms with Crippen LogP contribution in [0.2, 0.25) is 0 Å². The maximum absolute atomic E-state index is 12.6. The van der Waals surface area contributed by atoms with Gasteiger partial charge in [0.15, 0.2) is 6.23 Å². The average molecular weight is 400 g/mol. The lowest BCUT2D eigenvalue weighted by Gasteiger charge is -2.40. The molecule has 0 bridgehead atoms. The van der Waals surface area contributed by atoms with Crippen LogP contribution in [0.5, 0.6) is 0 Å². The SMILES string of the molecule is CN(C)CCCNC(=O)c1cc(NC=O)cn1[C@H]1O[C@H](CO)[C@@H](O)[C@H](O)[C@H]1O. The Bertz CT molecular complexity index is 664. The number of carbonyl (C=O) groups excluding carboxylic acids is 2. The highest BCUT2D eigenvalue weighted by Crippen LogP contribution is 2.31. The molecule has 6 N–H and O–H groups in total. The van der Waals surface area contributed by atoms with Crippen molar-refractivity contribution in [3.63, 3.8) is 0 Å². The van der Waals surface area contributed by atoms with Crippen LogP contribution in [0.25, 0.3) is 0 Å². The van der Waals surface area contributed by atoms with E-state index in [-0.39, 0.29) is 11.4 Å². The van der Waals surface area contributed by atoms with Crippen molar-refractivity contribution in [1.29, 1.82) is 0 Å². The third-order valence-corrected chi connectivity index (χ3v) is 4.52. The molecule has 0 aliphatic carbocycles. The lowest BCUT2D eigenvalue weighted by molar-refractivity contribution is -0.251. The summed E-state index contributed by atoms with van der Waals surface area (Å²) in [4.78, 5) is 25.4. The molecule has 1 aromatic rings. The number of amides is 2. The van der Waals surface area contributed by atoms with Crippen molar-refractivity contribution in [2.45, 2.75) is 37.1 Å². The van der Waals surface area contributed by atoms with Crippen LogP contribution in [-0.4, -0.2) is 100 Å². The highest BCUT2D eigenvalue weighted by molar-refractivity contribution is 5.94. The smallest absolute Gasteiger partial charge is 0.268 e. The van der Waals surface area contributed by atoms with E-state index in [0.29, 0.717) is 13.0 Å². The Morgan fingerprint density at radius 2 is 2.00 bits per heavy atom. The lowest BCUT2D eigenvalue weighted by Crippen LogP contribution is -2.56. The van der Waals surface area contributed by atoms with Crippen molar-refractivity contribution < 1.29 is 34.8 Å². The normalized spacial score (nSPS) is 27.6. The molecule has 11 nitrogen and oxygen atoms in total. The molecule has 0 unspecified atom stereocenters. The second-order valence-corrected chi connectivity index (χ2v) is 6.92. The number of aliphatic hydroxyl groups is 4. The number of hydrogen-bond acceptors (Lipinski definition) is 8. The third kappa shape index (κ3) is 5.07. The number of nitrogens with one attached hydrogen (secondary N) is 2.